The van der Waals surface area contributed by atoms with Gasteiger partial charge in [-0.15, -0.1) is 0 Å². The Morgan fingerprint density at radius 1 is 0.692 bits per heavy atom. The van der Waals surface area contributed by atoms with Crippen molar-refractivity contribution >= 4 is 6.03 Å². The van der Waals surface area contributed by atoms with E-state index in [0.29, 0.717) is 0 Å². The van der Waals surface area contributed by atoms with Gasteiger partial charge in [-0.05, 0) is 32.1 Å². The summed E-state index contributed by atoms with van der Waals surface area (Å²) < 4.78 is 0. The van der Waals surface area contributed by atoms with E-state index < -0.39 is 0 Å². The molecule has 2 saturated heterocycles. The van der Waals surface area contributed by atoms with Crippen molar-refractivity contribution in [3.63, 3.8) is 0 Å². The summed E-state index contributed by atoms with van der Waals surface area (Å²) in [5.41, 5.74) is 0. The molecule has 0 aromatic carbocycles. The molecule has 0 aromatic rings. The number of amides is 2. The normalized spacial score (nSPS) is 23.7. The molecule has 74 valence electrons. The monoisotopic (exact) mass is 182 g/mol. The lowest BCUT2D eigenvalue weighted by atomic mass is 10.1. The van der Waals surface area contributed by atoms with Crippen molar-refractivity contribution in [1.29, 1.82) is 0 Å². The van der Waals surface area contributed by atoms with Gasteiger partial charge in [0, 0.05) is 26.2 Å². The van der Waals surface area contributed by atoms with Crippen molar-refractivity contribution in [2.24, 2.45) is 0 Å². The van der Waals surface area contributed by atoms with Crippen molar-refractivity contribution in [3.05, 3.63) is 0 Å². The average molecular weight is 182 g/mol. The van der Waals surface area contributed by atoms with Crippen LogP contribution in [0.3, 0.4) is 0 Å². The lowest BCUT2D eigenvalue weighted by Crippen LogP contribution is -2.44. The highest BCUT2D eigenvalue weighted by atomic mass is 16.2. The summed E-state index contributed by atoms with van der Waals surface area (Å²) in [5.74, 6) is 0. The highest BCUT2D eigenvalue weighted by Gasteiger charge is 2.24. The van der Waals surface area contributed by atoms with Gasteiger partial charge in [-0.25, -0.2) is 4.79 Å². The van der Waals surface area contributed by atoms with Gasteiger partial charge in [-0.1, -0.05) is 0 Å². The Kier molecular flexibility index (Phi) is 2.71. The fourth-order valence-electron chi connectivity index (χ4n) is 2.19. The summed E-state index contributed by atoms with van der Waals surface area (Å²) in [6, 6.07) is 0.289. The molecule has 0 saturated carbocycles. The fraction of sp³-hybridized carbons (Fsp3) is 0.900. The molecular formula is C10H18N2O. The summed E-state index contributed by atoms with van der Waals surface area (Å²) >= 11 is 0. The molecule has 0 spiro atoms. The second-order valence-electron chi connectivity index (χ2n) is 4.02. The van der Waals surface area contributed by atoms with E-state index in [1.165, 1.54) is 32.1 Å². The maximum Gasteiger partial charge on any atom is 0.319 e. The van der Waals surface area contributed by atoms with Gasteiger partial charge in [0.15, 0.2) is 0 Å². The zero-order chi connectivity index (χ0) is 9.10. The number of carbonyl (C=O) groups excluding carboxylic acids is 1. The SMILES string of the molecule is O=C(N1CCCCC1)N1CCCC1. The van der Waals surface area contributed by atoms with Crippen molar-refractivity contribution in [3.8, 4) is 0 Å². The van der Waals surface area contributed by atoms with Gasteiger partial charge in [0.1, 0.15) is 0 Å². The first kappa shape index (κ1) is 8.85. The zero-order valence-electron chi connectivity index (χ0n) is 8.17. The summed E-state index contributed by atoms with van der Waals surface area (Å²) in [5, 5.41) is 0. The summed E-state index contributed by atoms with van der Waals surface area (Å²) in [7, 11) is 0. The molecule has 0 aromatic heterocycles. The van der Waals surface area contributed by atoms with Crippen LogP contribution >= 0.6 is 0 Å². The first-order valence-electron chi connectivity index (χ1n) is 5.42. The molecule has 2 heterocycles. The van der Waals surface area contributed by atoms with E-state index in [1.807, 2.05) is 9.80 Å². The van der Waals surface area contributed by atoms with Gasteiger partial charge in [0.05, 0.1) is 0 Å². The standard InChI is InChI=1S/C10H18N2O/c13-10(12-8-4-5-9-12)11-6-2-1-3-7-11/h1-9H2. The molecule has 2 amide bonds. The van der Waals surface area contributed by atoms with Gasteiger partial charge in [0.25, 0.3) is 0 Å². The number of hydrogen-bond donors (Lipinski definition) is 0. The maximum atomic E-state index is 11.9. The Morgan fingerprint density at radius 2 is 1.08 bits per heavy atom. The van der Waals surface area contributed by atoms with Crippen molar-refractivity contribution < 1.29 is 4.79 Å². The van der Waals surface area contributed by atoms with Gasteiger partial charge < -0.3 is 9.80 Å². The third kappa shape index (κ3) is 1.95. The van der Waals surface area contributed by atoms with E-state index in [2.05, 4.69) is 0 Å². The molecule has 0 bridgehead atoms. The third-order valence-electron chi connectivity index (χ3n) is 3.00. The number of nitrogens with zero attached hydrogens (tertiary/aromatic N) is 2. The minimum atomic E-state index is 0.289. The molecule has 2 aliphatic rings. The van der Waals surface area contributed by atoms with Crippen LogP contribution in [0.15, 0.2) is 0 Å². The van der Waals surface area contributed by atoms with Crippen molar-refractivity contribution in [2.75, 3.05) is 26.2 Å². The lowest BCUT2D eigenvalue weighted by Gasteiger charge is -2.30. The molecule has 13 heavy (non-hydrogen) atoms. The fourth-order valence-corrected chi connectivity index (χ4v) is 2.19. The van der Waals surface area contributed by atoms with E-state index in [-0.39, 0.29) is 6.03 Å². The van der Waals surface area contributed by atoms with Crippen molar-refractivity contribution in [2.45, 2.75) is 32.1 Å². The smallest absolute Gasteiger partial charge is 0.319 e. The van der Waals surface area contributed by atoms with Gasteiger partial charge in [-0.3, -0.25) is 0 Å². The van der Waals surface area contributed by atoms with Crippen LogP contribution in [0.1, 0.15) is 32.1 Å². The number of rotatable bonds is 0. The second kappa shape index (κ2) is 3.99. The topological polar surface area (TPSA) is 23.6 Å². The minimum Gasteiger partial charge on any atom is -0.325 e. The van der Waals surface area contributed by atoms with Crippen LogP contribution in [0.25, 0.3) is 0 Å². The number of carbonyl (C=O) groups is 1. The molecule has 3 nitrogen and oxygen atoms in total. The molecule has 3 heteroatoms. The van der Waals surface area contributed by atoms with Gasteiger partial charge in [-0.2, -0.15) is 0 Å². The molecule has 0 N–H and O–H groups in total. The van der Waals surface area contributed by atoms with Crippen LogP contribution in [-0.2, 0) is 0 Å². The highest BCUT2D eigenvalue weighted by Crippen LogP contribution is 2.14. The highest BCUT2D eigenvalue weighted by molar-refractivity contribution is 5.74. The third-order valence-corrected chi connectivity index (χ3v) is 3.00. The largest absolute Gasteiger partial charge is 0.325 e. The molecule has 2 rings (SSSR count). The Labute approximate surface area is 79.7 Å². The number of piperidine rings is 1. The first-order chi connectivity index (χ1) is 6.38. The van der Waals surface area contributed by atoms with Crippen LogP contribution in [0, 0.1) is 0 Å². The first-order valence-corrected chi connectivity index (χ1v) is 5.42. The Morgan fingerprint density at radius 3 is 1.54 bits per heavy atom. The van der Waals surface area contributed by atoms with Gasteiger partial charge in [0.2, 0.25) is 0 Å². The number of urea groups is 1. The minimum absolute atomic E-state index is 0.289. The van der Waals surface area contributed by atoms with Crippen LogP contribution in [0.2, 0.25) is 0 Å². The summed E-state index contributed by atoms with van der Waals surface area (Å²) in [4.78, 5) is 15.9. The van der Waals surface area contributed by atoms with E-state index in [0.717, 1.165) is 26.2 Å². The molecule has 0 atom stereocenters. The van der Waals surface area contributed by atoms with Crippen LogP contribution in [0.5, 0.6) is 0 Å². The Bertz CT molecular complexity index is 181. The Hall–Kier alpha value is -0.730. The Balaban J connectivity index is 1.87. The zero-order valence-corrected chi connectivity index (χ0v) is 8.17. The van der Waals surface area contributed by atoms with E-state index in [4.69, 9.17) is 0 Å². The molecule has 0 aliphatic carbocycles. The summed E-state index contributed by atoms with van der Waals surface area (Å²) in [6.07, 6.45) is 6.07. The molecule has 2 fully saturated rings. The predicted octanol–water partition coefficient (Wildman–Crippen LogP) is 1.69. The van der Waals surface area contributed by atoms with Crippen LogP contribution < -0.4 is 0 Å². The second-order valence-corrected chi connectivity index (χ2v) is 4.02. The molecule has 2 aliphatic heterocycles. The number of hydrogen-bond acceptors (Lipinski definition) is 1. The molecular weight excluding hydrogens is 164 g/mol. The van der Waals surface area contributed by atoms with Crippen molar-refractivity contribution in [1.82, 2.24) is 9.80 Å². The van der Waals surface area contributed by atoms with E-state index in [1.54, 1.807) is 0 Å². The van der Waals surface area contributed by atoms with Crippen LogP contribution in [0.4, 0.5) is 4.79 Å². The molecule has 0 radical (unpaired) electrons. The van der Waals surface area contributed by atoms with Gasteiger partial charge >= 0.3 is 6.03 Å². The lowest BCUT2D eigenvalue weighted by molar-refractivity contribution is 0.152. The maximum absolute atomic E-state index is 11.9. The van der Waals surface area contributed by atoms with E-state index >= 15 is 0 Å². The predicted molar refractivity (Wildman–Crippen MR) is 51.6 cm³/mol. The van der Waals surface area contributed by atoms with Crippen LogP contribution in [-0.4, -0.2) is 42.0 Å². The number of likely N-dealkylation sites (tertiary alicyclic amines) is 2. The summed E-state index contributed by atoms with van der Waals surface area (Å²) in [6.45, 7) is 3.93. The average Bonchev–Trinajstić information content (AvgIpc) is 2.71. The quantitative estimate of drug-likeness (QED) is 0.559. The molecule has 0 unspecified atom stereocenters. The van der Waals surface area contributed by atoms with E-state index in [9.17, 15) is 4.79 Å².